The molecule has 1 saturated heterocycles. The molecule has 2 rings (SSSR count). The Labute approximate surface area is 107 Å². The third kappa shape index (κ3) is 3.31. The number of para-hydroxylation sites is 1. The zero-order chi connectivity index (χ0) is 12.8. The molecule has 1 amide bonds. The Kier molecular flexibility index (Phi) is 4.32. The van der Waals surface area contributed by atoms with Crippen LogP contribution in [0.5, 0.6) is 0 Å². The first-order valence-corrected chi connectivity index (χ1v) is 6.16. The first-order valence-electron chi connectivity index (χ1n) is 6.16. The van der Waals surface area contributed by atoms with E-state index in [2.05, 4.69) is 11.4 Å². The molecule has 0 unspecified atom stereocenters. The van der Waals surface area contributed by atoms with Gasteiger partial charge >= 0.3 is 0 Å². The van der Waals surface area contributed by atoms with Crippen LogP contribution in [-0.2, 0) is 9.53 Å². The van der Waals surface area contributed by atoms with Gasteiger partial charge in [0.05, 0.1) is 11.3 Å². The Balaban J connectivity index is 1.92. The van der Waals surface area contributed by atoms with Gasteiger partial charge in [-0.1, -0.05) is 12.1 Å². The summed E-state index contributed by atoms with van der Waals surface area (Å²) in [7, 11) is 0. The van der Waals surface area contributed by atoms with Gasteiger partial charge in [-0.05, 0) is 30.9 Å². The summed E-state index contributed by atoms with van der Waals surface area (Å²) in [5, 5.41) is 11.7. The predicted molar refractivity (Wildman–Crippen MR) is 67.9 cm³/mol. The van der Waals surface area contributed by atoms with E-state index in [1.807, 2.05) is 6.07 Å². The molecule has 1 aromatic rings. The fourth-order valence-electron chi connectivity index (χ4n) is 2.10. The summed E-state index contributed by atoms with van der Waals surface area (Å²) in [5.74, 6) is 0.373. The van der Waals surface area contributed by atoms with Crippen molar-refractivity contribution in [2.24, 2.45) is 5.92 Å². The fraction of sp³-hybridized carbons (Fsp3) is 0.429. The number of nitriles is 1. The lowest BCUT2D eigenvalue weighted by molar-refractivity contribution is -0.117. The van der Waals surface area contributed by atoms with Crippen LogP contribution in [0.4, 0.5) is 5.69 Å². The summed E-state index contributed by atoms with van der Waals surface area (Å²) in [6.07, 6.45) is 2.38. The molecule has 0 saturated carbocycles. The zero-order valence-electron chi connectivity index (χ0n) is 10.2. The Bertz CT molecular complexity index is 459. The fourth-order valence-corrected chi connectivity index (χ4v) is 2.10. The lowest BCUT2D eigenvalue weighted by Crippen LogP contribution is -2.22. The van der Waals surface area contributed by atoms with Crippen molar-refractivity contribution in [3.63, 3.8) is 0 Å². The second-order valence-corrected chi connectivity index (χ2v) is 4.47. The first kappa shape index (κ1) is 12.6. The number of carbonyl (C=O) groups is 1. The number of hydrogen-bond acceptors (Lipinski definition) is 3. The van der Waals surface area contributed by atoms with Gasteiger partial charge in [0, 0.05) is 19.6 Å². The second kappa shape index (κ2) is 6.18. The highest BCUT2D eigenvalue weighted by Gasteiger charge is 2.17. The number of amides is 1. The molecule has 1 aliphatic heterocycles. The Morgan fingerprint density at radius 3 is 2.83 bits per heavy atom. The predicted octanol–water partition coefficient (Wildman–Crippen LogP) is 2.31. The average Bonchev–Trinajstić information content (AvgIpc) is 2.40. The number of benzene rings is 1. The number of carbonyl (C=O) groups excluding carboxylic acids is 1. The van der Waals surface area contributed by atoms with E-state index < -0.39 is 0 Å². The minimum atomic E-state index is -0.0235. The highest BCUT2D eigenvalue weighted by Crippen LogP contribution is 2.20. The maximum Gasteiger partial charge on any atom is 0.224 e. The average molecular weight is 244 g/mol. The van der Waals surface area contributed by atoms with Crippen LogP contribution in [0, 0.1) is 17.2 Å². The zero-order valence-corrected chi connectivity index (χ0v) is 10.2. The Morgan fingerprint density at radius 2 is 2.11 bits per heavy atom. The molecule has 1 heterocycles. The number of rotatable bonds is 3. The van der Waals surface area contributed by atoms with Crippen LogP contribution >= 0.6 is 0 Å². The van der Waals surface area contributed by atoms with E-state index in [4.69, 9.17) is 10.00 Å². The van der Waals surface area contributed by atoms with Crippen molar-refractivity contribution in [3.05, 3.63) is 29.8 Å². The van der Waals surface area contributed by atoms with Crippen molar-refractivity contribution in [1.29, 1.82) is 5.26 Å². The van der Waals surface area contributed by atoms with Crippen LogP contribution in [0.25, 0.3) is 0 Å². The Morgan fingerprint density at radius 1 is 1.39 bits per heavy atom. The van der Waals surface area contributed by atoms with E-state index in [0.29, 0.717) is 23.6 Å². The van der Waals surface area contributed by atoms with Crippen LogP contribution in [-0.4, -0.2) is 19.1 Å². The number of hydrogen-bond donors (Lipinski definition) is 1. The molecule has 0 spiro atoms. The van der Waals surface area contributed by atoms with Gasteiger partial charge < -0.3 is 10.1 Å². The molecule has 1 aliphatic rings. The van der Waals surface area contributed by atoms with Crippen molar-refractivity contribution in [2.75, 3.05) is 18.5 Å². The highest BCUT2D eigenvalue weighted by atomic mass is 16.5. The summed E-state index contributed by atoms with van der Waals surface area (Å²) >= 11 is 0. The third-order valence-corrected chi connectivity index (χ3v) is 3.14. The summed E-state index contributed by atoms with van der Waals surface area (Å²) in [6, 6.07) is 9.11. The summed E-state index contributed by atoms with van der Waals surface area (Å²) < 4.78 is 5.26. The molecule has 1 N–H and O–H groups in total. The second-order valence-electron chi connectivity index (χ2n) is 4.47. The van der Waals surface area contributed by atoms with Gasteiger partial charge in [-0.15, -0.1) is 0 Å². The molecule has 18 heavy (non-hydrogen) atoms. The number of nitrogens with zero attached hydrogens (tertiary/aromatic N) is 1. The van der Waals surface area contributed by atoms with Gasteiger partial charge in [0.15, 0.2) is 0 Å². The number of nitrogens with one attached hydrogen (secondary N) is 1. The molecule has 94 valence electrons. The maximum absolute atomic E-state index is 11.9. The Hall–Kier alpha value is -1.86. The van der Waals surface area contributed by atoms with E-state index in [9.17, 15) is 4.79 Å². The lowest BCUT2D eigenvalue weighted by Gasteiger charge is -2.21. The van der Waals surface area contributed by atoms with E-state index in [-0.39, 0.29) is 5.91 Å². The topological polar surface area (TPSA) is 62.1 Å². The molecule has 4 heteroatoms. The minimum absolute atomic E-state index is 0.0235. The van der Waals surface area contributed by atoms with Crippen molar-refractivity contribution in [3.8, 4) is 6.07 Å². The molecule has 1 fully saturated rings. The summed E-state index contributed by atoms with van der Waals surface area (Å²) in [4.78, 5) is 11.9. The molecule has 4 nitrogen and oxygen atoms in total. The van der Waals surface area contributed by atoms with Crippen LogP contribution in [0.15, 0.2) is 24.3 Å². The highest BCUT2D eigenvalue weighted by molar-refractivity contribution is 5.92. The van der Waals surface area contributed by atoms with Gasteiger partial charge in [-0.3, -0.25) is 4.79 Å². The van der Waals surface area contributed by atoms with Crippen LogP contribution in [0.3, 0.4) is 0 Å². The van der Waals surface area contributed by atoms with E-state index >= 15 is 0 Å². The van der Waals surface area contributed by atoms with Gasteiger partial charge in [-0.2, -0.15) is 5.26 Å². The van der Waals surface area contributed by atoms with Crippen molar-refractivity contribution in [2.45, 2.75) is 19.3 Å². The van der Waals surface area contributed by atoms with Crippen LogP contribution in [0.2, 0.25) is 0 Å². The van der Waals surface area contributed by atoms with Gasteiger partial charge in [0.25, 0.3) is 0 Å². The van der Waals surface area contributed by atoms with Crippen molar-refractivity contribution < 1.29 is 9.53 Å². The lowest BCUT2D eigenvalue weighted by atomic mass is 9.96. The molecule has 1 aromatic carbocycles. The molecule has 0 aliphatic carbocycles. The molecule has 0 bridgehead atoms. The molecule has 0 radical (unpaired) electrons. The van der Waals surface area contributed by atoms with Gasteiger partial charge in [0.2, 0.25) is 5.91 Å². The van der Waals surface area contributed by atoms with E-state index in [1.165, 1.54) is 0 Å². The van der Waals surface area contributed by atoms with Gasteiger partial charge in [0.1, 0.15) is 6.07 Å². The number of anilines is 1. The first-order chi connectivity index (χ1) is 8.79. The van der Waals surface area contributed by atoms with Crippen molar-refractivity contribution in [1.82, 2.24) is 0 Å². The molecular formula is C14H16N2O2. The SMILES string of the molecule is N#Cc1ccccc1NC(=O)CC1CCOCC1. The summed E-state index contributed by atoms with van der Waals surface area (Å²) in [5.41, 5.74) is 1.09. The third-order valence-electron chi connectivity index (χ3n) is 3.14. The monoisotopic (exact) mass is 244 g/mol. The van der Waals surface area contributed by atoms with E-state index in [0.717, 1.165) is 26.1 Å². The maximum atomic E-state index is 11.9. The molecule has 0 aromatic heterocycles. The van der Waals surface area contributed by atoms with Gasteiger partial charge in [-0.25, -0.2) is 0 Å². The molecule has 0 atom stereocenters. The minimum Gasteiger partial charge on any atom is -0.381 e. The number of ether oxygens (including phenoxy) is 1. The molecular weight excluding hydrogens is 228 g/mol. The van der Waals surface area contributed by atoms with E-state index in [1.54, 1.807) is 18.2 Å². The summed E-state index contributed by atoms with van der Waals surface area (Å²) in [6.45, 7) is 1.49. The smallest absolute Gasteiger partial charge is 0.224 e. The largest absolute Gasteiger partial charge is 0.381 e. The standard InChI is InChI=1S/C14H16N2O2/c15-10-12-3-1-2-4-13(12)16-14(17)9-11-5-7-18-8-6-11/h1-4,11H,5-9H2,(H,16,17). The normalized spacial score (nSPS) is 15.9. The van der Waals surface area contributed by atoms with Crippen LogP contribution < -0.4 is 5.32 Å². The van der Waals surface area contributed by atoms with Crippen molar-refractivity contribution >= 4 is 11.6 Å². The van der Waals surface area contributed by atoms with Crippen LogP contribution in [0.1, 0.15) is 24.8 Å². The quantitative estimate of drug-likeness (QED) is 0.887.